The van der Waals surface area contributed by atoms with E-state index >= 15 is 0 Å². The summed E-state index contributed by atoms with van der Waals surface area (Å²) in [5.41, 5.74) is 2.37. The zero-order chi connectivity index (χ0) is 24.6. The van der Waals surface area contributed by atoms with E-state index in [4.69, 9.17) is 14.5 Å². The molecule has 1 aliphatic heterocycles. The molecule has 1 heterocycles. The summed E-state index contributed by atoms with van der Waals surface area (Å²) in [4.78, 5) is 32.7. The monoisotopic (exact) mass is 489 g/mol. The summed E-state index contributed by atoms with van der Waals surface area (Å²) in [6.45, 7) is 0.478. The van der Waals surface area contributed by atoms with Gasteiger partial charge in [-0.3, -0.25) is 14.5 Å². The van der Waals surface area contributed by atoms with Crippen molar-refractivity contribution in [1.29, 1.82) is 0 Å². The van der Waals surface area contributed by atoms with Crippen molar-refractivity contribution < 1.29 is 19.1 Å². The van der Waals surface area contributed by atoms with Gasteiger partial charge >= 0.3 is 0 Å². The normalized spacial score (nSPS) is 16.7. The molecule has 4 rings (SSSR count). The SMILES string of the molecule is COc1ccc(N=C2SC(C(=O)Nc3ccccc3OC)CC(=O)N2CCc2ccccc2)cc1. The molecular formula is C27H27N3O4S. The van der Waals surface area contributed by atoms with Gasteiger partial charge in [-0.2, -0.15) is 0 Å². The van der Waals surface area contributed by atoms with E-state index in [0.29, 0.717) is 35.3 Å². The number of amidine groups is 1. The zero-order valence-electron chi connectivity index (χ0n) is 19.6. The van der Waals surface area contributed by atoms with Crippen molar-refractivity contribution >= 4 is 40.1 Å². The quantitative estimate of drug-likeness (QED) is 0.487. The molecule has 0 bridgehead atoms. The predicted molar refractivity (Wildman–Crippen MR) is 140 cm³/mol. The molecule has 3 aromatic rings. The van der Waals surface area contributed by atoms with Gasteiger partial charge < -0.3 is 14.8 Å². The number of nitrogens with zero attached hydrogens (tertiary/aromatic N) is 2. The number of nitrogens with one attached hydrogen (secondary N) is 1. The largest absolute Gasteiger partial charge is 0.497 e. The average molecular weight is 490 g/mol. The van der Waals surface area contributed by atoms with Gasteiger partial charge in [0.1, 0.15) is 16.7 Å². The molecular weight excluding hydrogens is 462 g/mol. The highest BCUT2D eigenvalue weighted by atomic mass is 32.2. The summed E-state index contributed by atoms with van der Waals surface area (Å²) in [6, 6.07) is 24.5. The first-order valence-corrected chi connectivity index (χ1v) is 12.1. The van der Waals surface area contributed by atoms with Gasteiger partial charge in [0.05, 0.1) is 25.6 Å². The Morgan fingerprint density at radius 2 is 1.71 bits per heavy atom. The van der Waals surface area contributed by atoms with Crippen molar-refractivity contribution in [1.82, 2.24) is 4.90 Å². The maximum Gasteiger partial charge on any atom is 0.238 e. The second kappa shape index (κ2) is 11.6. The fourth-order valence-corrected chi connectivity index (χ4v) is 4.80. The highest BCUT2D eigenvalue weighted by molar-refractivity contribution is 8.15. The first kappa shape index (κ1) is 24.3. The third kappa shape index (κ3) is 6.22. The van der Waals surface area contributed by atoms with Gasteiger partial charge in [-0.25, -0.2) is 4.99 Å². The van der Waals surface area contributed by atoms with Crippen molar-refractivity contribution in [2.24, 2.45) is 4.99 Å². The molecule has 1 fully saturated rings. The van der Waals surface area contributed by atoms with Crippen LogP contribution in [-0.4, -0.2) is 47.9 Å². The lowest BCUT2D eigenvalue weighted by atomic mass is 10.1. The molecule has 0 spiro atoms. The van der Waals surface area contributed by atoms with Crippen LogP contribution in [0, 0.1) is 0 Å². The van der Waals surface area contributed by atoms with E-state index < -0.39 is 5.25 Å². The molecule has 1 saturated heterocycles. The minimum absolute atomic E-state index is 0.0854. The molecule has 1 atom stereocenters. The van der Waals surface area contributed by atoms with Crippen LogP contribution < -0.4 is 14.8 Å². The topological polar surface area (TPSA) is 80.2 Å². The molecule has 1 N–H and O–H groups in total. The number of hydrogen-bond acceptors (Lipinski definition) is 6. The van der Waals surface area contributed by atoms with E-state index in [9.17, 15) is 9.59 Å². The lowest BCUT2D eigenvalue weighted by molar-refractivity contribution is -0.129. The fraction of sp³-hybridized carbons (Fsp3) is 0.222. The maximum absolute atomic E-state index is 13.2. The number of carbonyl (C=O) groups excluding carboxylic acids is 2. The number of aliphatic imine (C=N–C) groups is 1. The molecule has 8 heteroatoms. The summed E-state index contributed by atoms with van der Waals surface area (Å²) in [5.74, 6) is 0.881. The number of benzene rings is 3. The highest BCUT2D eigenvalue weighted by Crippen LogP contribution is 2.32. The second-order valence-corrected chi connectivity index (χ2v) is 9.04. The minimum atomic E-state index is -0.614. The lowest BCUT2D eigenvalue weighted by Crippen LogP contribution is -2.46. The van der Waals surface area contributed by atoms with E-state index in [1.807, 2.05) is 66.7 Å². The van der Waals surface area contributed by atoms with E-state index in [1.54, 1.807) is 31.3 Å². The number of carbonyl (C=O) groups is 2. The Morgan fingerprint density at radius 1 is 1.00 bits per heavy atom. The Labute approximate surface area is 209 Å². The van der Waals surface area contributed by atoms with E-state index in [0.717, 1.165) is 11.3 Å². The van der Waals surface area contributed by atoms with E-state index in [1.165, 1.54) is 11.8 Å². The first-order chi connectivity index (χ1) is 17.1. The molecule has 3 aromatic carbocycles. The number of amides is 2. The Bertz CT molecular complexity index is 1200. The van der Waals surface area contributed by atoms with Gasteiger partial charge in [-0.15, -0.1) is 0 Å². The Hall–Kier alpha value is -3.78. The van der Waals surface area contributed by atoms with E-state index in [2.05, 4.69) is 5.32 Å². The number of methoxy groups -OCH3 is 2. The van der Waals surface area contributed by atoms with Crippen molar-refractivity contribution in [2.75, 3.05) is 26.1 Å². The molecule has 35 heavy (non-hydrogen) atoms. The molecule has 0 aliphatic carbocycles. The van der Waals surface area contributed by atoms with Crippen LogP contribution in [0.25, 0.3) is 0 Å². The minimum Gasteiger partial charge on any atom is -0.497 e. The van der Waals surface area contributed by atoms with Crippen LogP contribution in [0.15, 0.2) is 83.9 Å². The summed E-state index contributed by atoms with van der Waals surface area (Å²) in [6.07, 6.45) is 0.773. The van der Waals surface area contributed by atoms with Gasteiger partial charge in [0, 0.05) is 13.0 Å². The third-order valence-corrected chi connectivity index (χ3v) is 6.75. The van der Waals surface area contributed by atoms with Gasteiger partial charge in [0.2, 0.25) is 11.8 Å². The highest BCUT2D eigenvalue weighted by Gasteiger charge is 2.36. The predicted octanol–water partition coefficient (Wildman–Crippen LogP) is 4.91. The standard InChI is InChI=1S/C27H27N3O4S/c1-33-21-14-12-20(13-15-21)28-27-30(17-16-19-8-4-3-5-9-19)25(31)18-24(35-27)26(32)29-22-10-6-7-11-23(22)34-2/h3-15,24H,16-18H2,1-2H3,(H,29,32). The zero-order valence-corrected chi connectivity index (χ0v) is 20.5. The molecule has 0 radical (unpaired) electrons. The number of anilines is 1. The smallest absolute Gasteiger partial charge is 0.238 e. The Morgan fingerprint density at radius 3 is 2.43 bits per heavy atom. The molecule has 7 nitrogen and oxygen atoms in total. The van der Waals surface area contributed by atoms with Crippen LogP contribution in [0.3, 0.4) is 0 Å². The van der Waals surface area contributed by atoms with Crippen molar-refractivity contribution in [3.05, 3.63) is 84.4 Å². The fourth-order valence-electron chi connectivity index (χ4n) is 3.68. The van der Waals surface area contributed by atoms with Gasteiger partial charge in [0.15, 0.2) is 5.17 Å². The summed E-state index contributed by atoms with van der Waals surface area (Å²) >= 11 is 1.30. The molecule has 180 valence electrons. The van der Waals surface area contributed by atoms with E-state index in [-0.39, 0.29) is 18.2 Å². The number of thioether (sulfide) groups is 1. The van der Waals surface area contributed by atoms with Crippen LogP contribution >= 0.6 is 11.8 Å². The van der Waals surface area contributed by atoms with Crippen molar-refractivity contribution in [2.45, 2.75) is 18.1 Å². The number of ether oxygens (including phenoxy) is 2. The van der Waals surface area contributed by atoms with Gasteiger partial charge in [-0.1, -0.05) is 54.2 Å². The molecule has 0 aromatic heterocycles. The number of hydrogen-bond donors (Lipinski definition) is 1. The van der Waals surface area contributed by atoms with Crippen LogP contribution in [-0.2, 0) is 16.0 Å². The summed E-state index contributed by atoms with van der Waals surface area (Å²) < 4.78 is 10.6. The first-order valence-electron chi connectivity index (χ1n) is 11.2. The molecule has 1 unspecified atom stereocenters. The van der Waals surface area contributed by atoms with Crippen LogP contribution in [0.2, 0.25) is 0 Å². The molecule has 0 saturated carbocycles. The lowest BCUT2D eigenvalue weighted by Gasteiger charge is -2.32. The number of para-hydroxylation sites is 2. The second-order valence-electron chi connectivity index (χ2n) is 7.87. The summed E-state index contributed by atoms with van der Waals surface area (Å²) in [7, 11) is 3.15. The summed E-state index contributed by atoms with van der Waals surface area (Å²) in [5, 5.41) is 2.79. The Kier molecular flexibility index (Phi) is 8.05. The van der Waals surface area contributed by atoms with Crippen LogP contribution in [0.1, 0.15) is 12.0 Å². The molecule has 2 amide bonds. The average Bonchev–Trinajstić information content (AvgIpc) is 2.89. The van der Waals surface area contributed by atoms with Crippen LogP contribution in [0.5, 0.6) is 11.5 Å². The maximum atomic E-state index is 13.2. The molecule has 1 aliphatic rings. The van der Waals surface area contributed by atoms with Crippen molar-refractivity contribution in [3.63, 3.8) is 0 Å². The van der Waals surface area contributed by atoms with Crippen molar-refractivity contribution in [3.8, 4) is 11.5 Å². The van der Waals surface area contributed by atoms with Gasteiger partial charge in [0.25, 0.3) is 0 Å². The van der Waals surface area contributed by atoms with Gasteiger partial charge in [-0.05, 0) is 48.4 Å². The Balaban J connectivity index is 1.56. The number of rotatable bonds is 8. The van der Waals surface area contributed by atoms with Crippen LogP contribution in [0.4, 0.5) is 11.4 Å². The third-order valence-electron chi connectivity index (χ3n) is 5.56.